The Hall–Kier alpha value is -1.46. The molecular weight excluding hydrogens is 317 g/mol. The van der Waals surface area contributed by atoms with E-state index in [9.17, 15) is 9.59 Å². The number of carboxylic acid groups (broad SMARTS) is 1. The second-order valence-electron chi connectivity index (χ2n) is 5.43. The van der Waals surface area contributed by atoms with Crippen LogP contribution in [0.25, 0.3) is 0 Å². The summed E-state index contributed by atoms with van der Waals surface area (Å²) in [4.78, 5) is 22.8. The topological polar surface area (TPSA) is 75.6 Å². The standard InChI is InChI=1S/C14H17Cl2NO4/c1-14(2,3)21-13(20)17-10(7-11(18)19)12-8(15)5-4-6-9(12)16/h4-6,10H,7H2,1-3H3,(H,17,20)(H,18,19)/t10-/m0/s1. The van der Waals surface area contributed by atoms with Crippen molar-refractivity contribution in [1.29, 1.82) is 0 Å². The molecule has 0 bridgehead atoms. The summed E-state index contributed by atoms with van der Waals surface area (Å²) in [7, 11) is 0. The van der Waals surface area contributed by atoms with Gasteiger partial charge in [-0.15, -0.1) is 0 Å². The number of rotatable bonds is 4. The van der Waals surface area contributed by atoms with E-state index in [1.807, 2.05) is 0 Å². The first-order chi connectivity index (χ1) is 9.60. The molecule has 0 spiro atoms. The van der Waals surface area contributed by atoms with Crippen molar-refractivity contribution in [3.63, 3.8) is 0 Å². The number of benzene rings is 1. The molecule has 0 aromatic heterocycles. The fourth-order valence-corrected chi connectivity index (χ4v) is 2.35. The zero-order chi connectivity index (χ0) is 16.2. The number of carboxylic acids is 1. The Morgan fingerprint density at radius 3 is 2.24 bits per heavy atom. The fourth-order valence-electron chi connectivity index (χ4n) is 1.69. The zero-order valence-corrected chi connectivity index (χ0v) is 13.5. The zero-order valence-electron chi connectivity index (χ0n) is 11.9. The third-order valence-electron chi connectivity index (χ3n) is 2.42. The summed E-state index contributed by atoms with van der Waals surface area (Å²) < 4.78 is 5.12. The van der Waals surface area contributed by atoms with Crippen LogP contribution in [0.5, 0.6) is 0 Å². The van der Waals surface area contributed by atoms with E-state index in [0.717, 1.165) is 0 Å². The molecule has 0 aliphatic heterocycles. The van der Waals surface area contributed by atoms with Crippen molar-refractivity contribution in [3.05, 3.63) is 33.8 Å². The molecule has 0 aliphatic carbocycles. The maximum Gasteiger partial charge on any atom is 0.408 e. The van der Waals surface area contributed by atoms with Crippen LogP contribution in [0.4, 0.5) is 4.79 Å². The van der Waals surface area contributed by atoms with Crippen LogP contribution in [-0.4, -0.2) is 22.8 Å². The second-order valence-corrected chi connectivity index (χ2v) is 6.25. The number of halogens is 2. The Morgan fingerprint density at radius 1 is 1.29 bits per heavy atom. The van der Waals surface area contributed by atoms with E-state index < -0.39 is 23.7 Å². The molecule has 1 atom stereocenters. The number of alkyl carbamates (subject to hydrolysis) is 1. The smallest absolute Gasteiger partial charge is 0.408 e. The van der Waals surface area contributed by atoms with Gasteiger partial charge in [0.1, 0.15) is 5.60 Å². The van der Waals surface area contributed by atoms with E-state index in [1.165, 1.54) is 0 Å². The van der Waals surface area contributed by atoms with Crippen LogP contribution < -0.4 is 5.32 Å². The van der Waals surface area contributed by atoms with Gasteiger partial charge in [0, 0.05) is 15.6 Å². The average Bonchev–Trinajstić information content (AvgIpc) is 2.24. The Labute approximate surface area is 133 Å². The number of carbonyl (C=O) groups is 2. The predicted octanol–water partition coefficient (Wildman–Crippen LogP) is 4.03. The molecule has 0 heterocycles. The number of carbonyl (C=O) groups excluding carboxylic acids is 1. The Bertz CT molecular complexity index is 520. The average molecular weight is 334 g/mol. The number of ether oxygens (including phenoxy) is 1. The summed E-state index contributed by atoms with van der Waals surface area (Å²) in [6, 6.07) is 3.92. The van der Waals surface area contributed by atoms with Gasteiger partial charge in [0.15, 0.2) is 0 Å². The lowest BCUT2D eigenvalue weighted by Gasteiger charge is -2.24. The molecule has 2 N–H and O–H groups in total. The molecule has 1 rings (SSSR count). The highest BCUT2D eigenvalue weighted by Gasteiger charge is 2.25. The molecule has 0 radical (unpaired) electrons. The van der Waals surface area contributed by atoms with E-state index in [0.29, 0.717) is 5.56 Å². The summed E-state index contributed by atoms with van der Waals surface area (Å²) in [6.45, 7) is 5.13. The van der Waals surface area contributed by atoms with E-state index in [1.54, 1.807) is 39.0 Å². The lowest BCUT2D eigenvalue weighted by molar-refractivity contribution is -0.137. The molecule has 7 heteroatoms. The van der Waals surface area contributed by atoms with Gasteiger partial charge < -0.3 is 15.2 Å². The van der Waals surface area contributed by atoms with Gasteiger partial charge in [-0.1, -0.05) is 29.3 Å². The van der Waals surface area contributed by atoms with Crippen LogP contribution >= 0.6 is 23.2 Å². The van der Waals surface area contributed by atoms with Gasteiger partial charge in [-0.25, -0.2) is 4.79 Å². The minimum atomic E-state index is -1.09. The van der Waals surface area contributed by atoms with Gasteiger partial charge in [0.2, 0.25) is 0 Å². The Morgan fingerprint density at radius 2 is 1.81 bits per heavy atom. The normalized spacial score (nSPS) is 12.6. The lowest BCUT2D eigenvalue weighted by atomic mass is 10.0. The van der Waals surface area contributed by atoms with E-state index >= 15 is 0 Å². The SMILES string of the molecule is CC(C)(C)OC(=O)N[C@@H](CC(=O)O)c1c(Cl)cccc1Cl. The second kappa shape index (κ2) is 7.00. The van der Waals surface area contributed by atoms with Crippen LogP contribution in [0, 0.1) is 0 Å². The molecule has 0 fully saturated rings. The lowest BCUT2D eigenvalue weighted by Crippen LogP contribution is -2.36. The van der Waals surface area contributed by atoms with Crippen molar-refractivity contribution in [1.82, 2.24) is 5.32 Å². The molecular formula is C14H17Cl2NO4. The van der Waals surface area contributed by atoms with Crippen LogP contribution in [-0.2, 0) is 9.53 Å². The van der Waals surface area contributed by atoms with Crippen molar-refractivity contribution in [2.45, 2.75) is 38.8 Å². The highest BCUT2D eigenvalue weighted by molar-refractivity contribution is 6.36. The molecule has 0 unspecified atom stereocenters. The van der Waals surface area contributed by atoms with Crippen molar-refractivity contribution in [3.8, 4) is 0 Å². The summed E-state index contributed by atoms with van der Waals surface area (Å²) >= 11 is 12.1. The van der Waals surface area contributed by atoms with Crippen LogP contribution in [0.2, 0.25) is 10.0 Å². The van der Waals surface area contributed by atoms with Gasteiger partial charge in [0.05, 0.1) is 12.5 Å². The van der Waals surface area contributed by atoms with E-state index in [-0.39, 0.29) is 16.5 Å². The highest BCUT2D eigenvalue weighted by atomic mass is 35.5. The molecule has 1 aromatic rings. The van der Waals surface area contributed by atoms with Crippen molar-refractivity contribution in [2.75, 3.05) is 0 Å². The summed E-state index contributed by atoms with van der Waals surface area (Å²) in [5.74, 6) is -1.09. The molecule has 1 aromatic carbocycles. The minimum absolute atomic E-state index is 0.282. The van der Waals surface area contributed by atoms with Crippen LogP contribution in [0.15, 0.2) is 18.2 Å². The van der Waals surface area contributed by atoms with Gasteiger partial charge in [-0.3, -0.25) is 4.79 Å². The van der Waals surface area contributed by atoms with Crippen molar-refractivity contribution < 1.29 is 19.4 Å². The Kier molecular flexibility index (Phi) is 5.87. The molecule has 116 valence electrons. The molecule has 21 heavy (non-hydrogen) atoms. The molecule has 0 saturated heterocycles. The molecule has 0 saturated carbocycles. The predicted molar refractivity (Wildman–Crippen MR) is 80.8 cm³/mol. The van der Waals surface area contributed by atoms with Gasteiger partial charge in [-0.2, -0.15) is 0 Å². The first-order valence-corrected chi connectivity index (χ1v) is 7.01. The highest BCUT2D eigenvalue weighted by Crippen LogP contribution is 2.32. The molecule has 1 amide bonds. The molecule has 0 aliphatic rings. The van der Waals surface area contributed by atoms with E-state index in [2.05, 4.69) is 5.32 Å². The minimum Gasteiger partial charge on any atom is -0.481 e. The Balaban J connectivity index is 3.01. The third-order valence-corrected chi connectivity index (χ3v) is 3.08. The van der Waals surface area contributed by atoms with Crippen LogP contribution in [0.1, 0.15) is 38.8 Å². The van der Waals surface area contributed by atoms with Gasteiger partial charge >= 0.3 is 12.1 Å². The van der Waals surface area contributed by atoms with Crippen LogP contribution in [0.3, 0.4) is 0 Å². The molecule has 5 nitrogen and oxygen atoms in total. The van der Waals surface area contributed by atoms with Crippen molar-refractivity contribution in [2.24, 2.45) is 0 Å². The third kappa shape index (κ3) is 5.81. The summed E-state index contributed by atoms with van der Waals surface area (Å²) in [6.07, 6.45) is -1.09. The first kappa shape index (κ1) is 17.6. The number of hydrogen-bond acceptors (Lipinski definition) is 3. The van der Waals surface area contributed by atoms with Gasteiger partial charge in [0.25, 0.3) is 0 Å². The fraction of sp³-hybridized carbons (Fsp3) is 0.429. The largest absolute Gasteiger partial charge is 0.481 e. The van der Waals surface area contributed by atoms with Gasteiger partial charge in [-0.05, 0) is 32.9 Å². The number of hydrogen-bond donors (Lipinski definition) is 2. The number of amides is 1. The number of aliphatic carboxylic acids is 1. The quantitative estimate of drug-likeness (QED) is 0.871. The summed E-state index contributed by atoms with van der Waals surface area (Å²) in [5, 5.41) is 12.1. The van der Waals surface area contributed by atoms with E-state index in [4.69, 9.17) is 33.0 Å². The maximum atomic E-state index is 11.8. The first-order valence-electron chi connectivity index (χ1n) is 6.25. The monoisotopic (exact) mass is 333 g/mol. The number of nitrogens with one attached hydrogen (secondary N) is 1. The maximum absolute atomic E-state index is 11.8. The summed E-state index contributed by atoms with van der Waals surface area (Å²) in [5.41, 5.74) is -0.337. The van der Waals surface area contributed by atoms with Crippen molar-refractivity contribution >= 4 is 35.3 Å².